The van der Waals surface area contributed by atoms with Gasteiger partial charge in [0.2, 0.25) is 0 Å². The second-order valence-electron chi connectivity index (χ2n) is 5.67. The van der Waals surface area contributed by atoms with E-state index >= 15 is 0 Å². The average Bonchev–Trinajstić information content (AvgIpc) is 2.38. The van der Waals surface area contributed by atoms with Crippen molar-refractivity contribution in [2.75, 3.05) is 0 Å². The van der Waals surface area contributed by atoms with Gasteiger partial charge in [-0.05, 0) is 63.1 Å². The summed E-state index contributed by atoms with van der Waals surface area (Å²) in [4.78, 5) is 4.89. The van der Waals surface area contributed by atoms with Gasteiger partial charge in [0.25, 0.3) is 0 Å². The molecule has 0 bridgehead atoms. The highest BCUT2D eigenvalue weighted by molar-refractivity contribution is 5.86. The second-order valence-corrected chi connectivity index (χ2v) is 5.67. The van der Waals surface area contributed by atoms with Crippen LogP contribution in [-0.2, 0) is 0 Å². The Kier molecular flexibility index (Phi) is 3.06. The molecule has 0 saturated carbocycles. The highest BCUT2D eigenvalue weighted by Gasteiger charge is 2.08. The van der Waals surface area contributed by atoms with Crippen molar-refractivity contribution in [2.45, 2.75) is 27.7 Å². The summed E-state index contributed by atoms with van der Waals surface area (Å²) in [5, 5.41) is 1.25. The Hall–Kier alpha value is -2.15. The molecular weight excluding hydrogens is 242 g/mol. The number of aryl methyl sites for hydroxylation is 4. The third-order valence-electron chi connectivity index (χ3n) is 3.76. The summed E-state index contributed by atoms with van der Waals surface area (Å²) in [5.74, 6) is 0. The Morgan fingerprint density at radius 1 is 0.750 bits per heavy atom. The zero-order valence-electron chi connectivity index (χ0n) is 12.5. The number of rotatable bonds is 1. The van der Waals surface area contributed by atoms with Crippen molar-refractivity contribution in [1.82, 2.24) is 4.98 Å². The molecule has 0 fully saturated rings. The highest BCUT2D eigenvalue weighted by Crippen LogP contribution is 2.28. The molecule has 1 heterocycles. The Balaban J connectivity index is 2.28. The third-order valence-corrected chi connectivity index (χ3v) is 3.76. The summed E-state index contributed by atoms with van der Waals surface area (Å²) in [6.45, 7) is 8.56. The van der Waals surface area contributed by atoms with Crippen LogP contribution in [0.2, 0.25) is 0 Å². The Morgan fingerprint density at radius 2 is 1.45 bits per heavy atom. The predicted molar refractivity (Wildman–Crippen MR) is 86.1 cm³/mol. The van der Waals surface area contributed by atoms with E-state index in [4.69, 9.17) is 4.98 Å². The van der Waals surface area contributed by atoms with E-state index in [0.29, 0.717) is 0 Å². The van der Waals surface area contributed by atoms with E-state index in [1.165, 1.54) is 33.2 Å². The van der Waals surface area contributed by atoms with Crippen LogP contribution in [-0.4, -0.2) is 4.98 Å². The Labute approximate surface area is 120 Å². The summed E-state index contributed by atoms with van der Waals surface area (Å²) in [5.41, 5.74) is 8.46. The minimum Gasteiger partial charge on any atom is -0.248 e. The molecule has 100 valence electrons. The molecule has 0 amide bonds. The molecule has 0 N–H and O–H groups in total. The molecule has 2 aromatic carbocycles. The van der Waals surface area contributed by atoms with E-state index < -0.39 is 0 Å². The molecule has 0 atom stereocenters. The second kappa shape index (κ2) is 4.75. The van der Waals surface area contributed by atoms with Crippen molar-refractivity contribution in [1.29, 1.82) is 0 Å². The zero-order chi connectivity index (χ0) is 14.3. The summed E-state index contributed by atoms with van der Waals surface area (Å²) in [6.07, 6.45) is 0. The van der Waals surface area contributed by atoms with Gasteiger partial charge in [0.05, 0.1) is 11.2 Å². The van der Waals surface area contributed by atoms with Crippen molar-refractivity contribution >= 4 is 10.9 Å². The SMILES string of the molecule is Cc1cc(C)cc(-c2nc3cccc(C)c3cc2C)c1. The fourth-order valence-corrected chi connectivity index (χ4v) is 2.85. The van der Waals surface area contributed by atoms with E-state index in [1.54, 1.807) is 0 Å². The molecule has 0 aliphatic rings. The first-order chi connectivity index (χ1) is 9.54. The predicted octanol–water partition coefficient (Wildman–Crippen LogP) is 5.14. The fraction of sp³-hybridized carbons (Fsp3) is 0.211. The maximum Gasteiger partial charge on any atom is 0.0739 e. The molecule has 20 heavy (non-hydrogen) atoms. The van der Waals surface area contributed by atoms with Gasteiger partial charge in [0.15, 0.2) is 0 Å². The van der Waals surface area contributed by atoms with Gasteiger partial charge in [-0.15, -0.1) is 0 Å². The van der Waals surface area contributed by atoms with Crippen LogP contribution in [0.15, 0.2) is 42.5 Å². The van der Waals surface area contributed by atoms with Crippen LogP contribution >= 0.6 is 0 Å². The number of fused-ring (bicyclic) bond motifs is 1. The first kappa shape index (κ1) is 12.9. The molecule has 1 nitrogen and oxygen atoms in total. The van der Waals surface area contributed by atoms with Crippen LogP contribution in [0.25, 0.3) is 22.2 Å². The first-order valence-corrected chi connectivity index (χ1v) is 7.00. The molecule has 0 aliphatic carbocycles. The van der Waals surface area contributed by atoms with E-state index in [1.807, 2.05) is 0 Å². The maximum atomic E-state index is 4.89. The molecule has 0 radical (unpaired) electrons. The molecule has 3 aromatic rings. The number of hydrogen-bond acceptors (Lipinski definition) is 1. The highest BCUT2D eigenvalue weighted by atomic mass is 14.7. The van der Waals surface area contributed by atoms with Gasteiger partial charge >= 0.3 is 0 Å². The lowest BCUT2D eigenvalue weighted by Crippen LogP contribution is -1.92. The molecule has 3 rings (SSSR count). The van der Waals surface area contributed by atoms with Gasteiger partial charge in [-0.2, -0.15) is 0 Å². The topological polar surface area (TPSA) is 12.9 Å². The molecule has 0 aliphatic heterocycles. The van der Waals surface area contributed by atoms with Gasteiger partial charge in [-0.1, -0.05) is 29.3 Å². The van der Waals surface area contributed by atoms with E-state index in [-0.39, 0.29) is 0 Å². The lowest BCUT2D eigenvalue weighted by molar-refractivity contribution is 1.30. The number of benzene rings is 2. The van der Waals surface area contributed by atoms with Gasteiger partial charge in [0, 0.05) is 10.9 Å². The summed E-state index contributed by atoms with van der Waals surface area (Å²) >= 11 is 0. The molecule has 0 spiro atoms. The number of hydrogen-bond donors (Lipinski definition) is 0. The van der Waals surface area contributed by atoms with Crippen molar-refractivity contribution in [3.05, 3.63) is 64.7 Å². The van der Waals surface area contributed by atoms with E-state index in [0.717, 1.165) is 11.2 Å². The fourth-order valence-electron chi connectivity index (χ4n) is 2.85. The van der Waals surface area contributed by atoms with Crippen LogP contribution in [0, 0.1) is 27.7 Å². The monoisotopic (exact) mass is 261 g/mol. The standard InChI is InChI=1S/C19H19N/c1-12-8-13(2)10-16(9-12)19-15(4)11-17-14(3)6-5-7-18(17)20-19/h5-11H,1-4H3. The minimum absolute atomic E-state index is 1.07. The Bertz CT molecular complexity index is 780. The van der Waals surface area contributed by atoms with Gasteiger partial charge in [-0.25, -0.2) is 4.98 Å². The van der Waals surface area contributed by atoms with Crippen LogP contribution in [0.1, 0.15) is 22.3 Å². The summed E-state index contributed by atoms with van der Waals surface area (Å²) in [7, 11) is 0. The summed E-state index contributed by atoms with van der Waals surface area (Å²) < 4.78 is 0. The maximum absolute atomic E-state index is 4.89. The quantitative estimate of drug-likeness (QED) is 0.591. The lowest BCUT2D eigenvalue weighted by Gasteiger charge is -2.10. The van der Waals surface area contributed by atoms with Crippen molar-refractivity contribution in [2.24, 2.45) is 0 Å². The molecule has 1 aromatic heterocycles. The zero-order valence-corrected chi connectivity index (χ0v) is 12.5. The van der Waals surface area contributed by atoms with E-state index in [2.05, 4.69) is 70.2 Å². The van der Waals surface area contributed by atoms with Gasteiger partial charge < -0.3 is 0 Å². The molecule has 1 heteroatoms. The van der Waals surface area contributed by atoms with Crippen molar-refractivity contribution < 1.29 is 0 Å². The average molecular weight is 261 g/mol. The third kappa shape index (κ3) is 2.20. The van der Waals surface area contributed by atoms with Crippen LogP contribution in [0.4, 0.5) is 0 Å². The van der Waals surface area contributed by atoms with Crippen LogP contribution in [0.3, 0.4) is 0 Å². The molecular formula is C19H19N. The van der Waals surface area contributed by atoms with Crippen molar-refractivity contribution in [3.8, 4) is 11.3 Å². The van der Waals surface area contributed by atoms with Crippen LogP contribution in [0.5, 0.6) is 0 Å². The summed E-state index contributed by atoms with van der Waals surface area (Å²) in [6, 6.07) is 15.2. The number of pyridine rings is 1. The van der Waals surface area contributed by atoms with Crippen LogP contribution < -0.4 is 0 Å². The van der Waals surface area contributed by atoms with Crippen molar-refractivity contribution in [3.63, 3.8) is 0 Å². The Morgan fingerprint density at radius 3 is 2.15 bits per heavy atom. The van der Waals surface area contributed by atoms with E-state index in [9.17, 15) is 0 Å². The van der Waals surface area contributed by atoms with Gasteiger partial charge in [0.1, 0.15) is 0 Å². The smallest absolute Gasteiger partial charge is 0.0739 e. The number of nitrogens with zero attached hydrogens (tertiary/aromatic N) is 1. The largest absolute Gasteiger partial charge is 0.248 e. The van der Waals surface area contributed by atoms with Gasteiger partial charge in [-0.3, -0.25) is 0 Å². The lowest BCUT2D eigenvalue weighted by atomic mass is 9.99. The molecule has 0 saturated heterocycles. The normalized spacial score (nSPS) is 11.0. The number of aromatic nitrogens is 1. The molecule has 0 unspecified atom stereocenters. The minimum atomic E-state index is 1.07. The first-order valence-electron chi connectivity index (χ1n) is 7.00.